The van der Waals surface area contributed by atoms with Gasteiger partial charge in [-0.2, -0.15) is 0 Å². The number of nitro groups is 1. The van der Waals surface area contributed by atoms with Crippen molar-refractivity contribution in [3.63, 3.8) is 0 Å². The summed E-state index contributed by atoms with van der Waals surface area (Å²) in [5.41, 5.74) is 6.69. The second-order valence-corrected chi connectivity index (χ2v) is 5.30. The van der Waals surface area contributed by atoms with Gasteiger partial charge in [0.15, 0.2) is 0 Å². The summed E-state index contributed by atoms with van der Waals surface area (Å²) in [7, 11) is 0. The number of hydrogen-bond donors (Lipinski definition) is 1. The molecule has 1 aliphatic heterocycles. The zero-order valence-corrected chi connectivity index (χ0v) is 11.4. The molecule has 2 unspecified atom stereocenters. The molecule has 0 radical (unpaired) electrons. The van der Waals surface area contributed by atoms with Crippen molar-refractivity contribution < 1.29 is 4.92 Å². The van der Waals surface area contributed by atoms with Gasteiger partial charge in [0.1, 0.15) is 12.0 Å². The SMILES string of the molecule is Cc1cc([N+](=O)[O-])cnc1N1CCC(C)C(CN)C1. The fourth-order valence-corrected chi connectivity index (χ4v) is 2.63. The van der Waals surface area contributed by atoms with Crippen LogP contribution in [0, 0.1) is 28.9 Å². The van der Waals surface area contributed by atoms with Crippen molar-refractivity contribution in [2.45, 2.75) is 20.3 Å². The van der Waals surface area contributed by atoms with E-state index in [0.29, 0.717) is 18.4 Å². The smallest absolute Gasteiger partial charge is 0.287 e. The van der Waals surface area contributed by atoms with E-state index in [4.69, 9.17) is 5.73 Å². The molecule has 0 bridgehead atoms. The molecule has 6 heteroatoms. The number of nitrogens with zero attached hydrogens (tertiary/aromatic N) is 3. The lowest BCUT2D eigenvalue weighted by atomic mass is 9.87. The summed E-state index contributed by atoms with van der Waals surface area (Å²) < 4.78 is 0. The van der Waals surface area contributed by atoms with Crippen molar-refractivity contribution >= 4 is 11.5 Å². The third kappa shape index (κ3) is 2.84. The van der Waals surface area contributed by atoms with Gasteiger partial charge in [0.25, 0.3) is 5.69 Å². The quantitative estimate of drug-likeness (QED) is 0.663. The highest BCUT2D eigenvalue weighted by molar-refractivity contribution is 5.50. The van der Waals surface area contributed by atoms with E-state index >= 15 is 0 Å². The van der Waals surface area contributed by atoms with E-state index in [1.165, 1.54) is 6.20 Å². The van der Waals surface area contributed by atoms with Gasteiger partial charge in [0.2, 0.25) is 0 Å². The Morgan fingerprint density at radius 3 is 2.95 bits per heavy atom. The monoisotopic (exact) mass is 264 g/mol. The van der Waals surface area contributed by atoms with Gasteiger partial charge in [-0.15, -0.1) is 0 Å². The number of pyridine rings is 1. The Bertz CT molecular complexity index is 478. The Morgan fingerprint density at radius 2 is 2.37 bits per heavy atom. The zero-order chi connectivity index (χ0) is 14.0. The van der Waals surface area contributed by atoms with E-state index in [2.05, 4.69) is 16.8 Å². The highest BCUT2D eigenvalue weighted by Crippen LogP contribution is 2.28. The van der Waals surface area contributed by atoms with Crippen LogP contribution in [0.5, 0.6) is 0 Å². The highest BCUT2D eigenvalue weighted by Gasteiger charge is 2.27. The summed E-state index contributed by atoms with van der Waals surface area (Å²) in [6.07, 6.45) is 2.41. The summed E-state index contributed by atoms with van der Waals surface area (Å²) >= 11 is 0. The maximum absolute atomic E-state index is 10.7. The van der Waals surface area contributed by atoms with Crippen LogP contribution in [0.15, 0.2) is 12.3 Å². The minimum absolute atomic E-state index is 0.0435. The van der Waals surface area contributed by atoms with E-state index in [1.54, 1.807) is 6.07 Å². The summed E-state index contributed by atoms with van der Waals surface area (Å²) in [4.78, 5) is 16.8. The van der Waals surface area contributed by atoms with Gasteiger partial charge < -0.3 is 10.6 Å². The number of hydrogen-bond acceptors (Lipinski definition) is 5. The first-order chi connectivity index (χ1) is 9.02. The topological polar surface area (TPSA) is 85.3 Å². The fraction of sp³-hybridized carbons (Fsp3) is 0.615. The molecule has 1 saturated heterocycles. The largest absolute Gasteiger partial charge is 0.356 e. The molecule has 0 aromatic carbocycles. The van der Waals surface area contributed by atoms with Crippen LogP contribution >= 0.6 is 0 Å². The second kappa shape index (κ2) is 5.52. The van der Waals surface area contributed by atoms with Gasteiger partial charge in [-0.05, 0) is 37.3 Å². The summed E-state index contributed by atoms with van der Waals surface area (Å²) in [5, 5.41) is 10.7. The van der Waals surface area contributed by atoms with Crippen LogP contribution in [0.3, 0.4) is 0 Å². The molecule has 1 aliphatic rings. The molecular formula is C13H20N4O2. The second-order valence-electron chi connectivity index (χ2n) is 5.30. The molecule has 19 heavy (non-hydrogen) atoms. The molecule has 0 aliphatic carbocycles. The molecule has 1 aromatic heterocycles. The summed E-state index contributed by atoms with van der Waals surface area (Å²) in [6, 6.07) is 1.58. The van der Waals surface area contributed by atoms with Crippen LogP contribution in [-0.2, 0) is 0 Å². The molecule has 1 aromatic rings. The maximum Gasteiger partial charge on any atom is 0.287 e. The Kier molecular flexibility index (Phi) is 3.99. The number of anilines is 1. The Labute approximate surface area is 112 Å². The van der Waals surface area contributed by atoms with Crippen molar-refractivity contribution in [3.05, 3.63) is 27.9 Å². The Morgan fingerprint density at radius 1 is 1.63 bits per heavy atom. The third-order valence-electron chi connectivity index (χ3n) is 3.96. The number of aromatic nitrogens is 1. The maximum atomic E-state index is 10.7. The van der Waals surface area contributed by atoms with E-state index in [0.717, 1.165) is 30.9 Å². The molecule has 104 valence electrons. The first kappa shape index (κ1) is 13.7. The summed E-state index contributed by atoms with van der Waals surface area (Å²) in [6.45, 7) is 6.58. The molecule has 6 nitrogen and oxygen atoms in total. The molecule has 0 spiro atoms. The van der Waals surface area contributed by atoms with Gasteiger partial charge in [-0.1, -0.05) is 6.92 Å². The predicted molar refractivity (Wildman–Crippen MR) is 74.2 cm³/mol. The molecule has 2 rings (SSSR count). The van der Waals surface area contributed by atoms with E-state index in [9.17, 15) is 10.1 Å². The van der Waals surface area contributed by atoms with Crippen LogP contribution in [0.1, 0.15) is 18.9 Å². The lowest BCUT2D eigenvalue weighted by molar-refractivity contribution is -0.385. The normalized spacial score (nSPS) is 23.4. The first-order valence-electron chi connectivity index (χ1n) is 6.59. The van der Waals surface area contributed by atoms with Gasteiger partial charge in [-0.3, -0.25) is 10.1 Å². The standard InChI is InChI=1S/C13H20N4O2/c1-9-3-4-16(8-11(9)6-14)13-10(2)5-12(7-15-13)17(18)19/h5,7,9,11H,3-4,6,8,14H2,1-2H3. The molecule has 2 N–H and O–H groups in total. The molecule has 2 atom stereocenters. The highest BCUT2D eigenvalue weighted by atomic mass is 16.6. The first-order valence-corrected chi connectivity index (χ1v) is 6.59. The Balaban J connectivity index is 2.20. The van der Waals surface area contributed by atoms with Crippen LogP contribution < -0.4 is 10.6 Å². The Hall–Kier alpha value is -1.69. The average Bonchev–Trinajstić information content (AvgIpc) is 2.39. The van der Waals surface area contributed by atoms with Crippen molar-refractivity contribution in [1.29, 1.82) is 0 Å². The van der Waals surface area contributed by atoms with Crippen LogP contribution in [0.25, 0.3) is 0 Å². The van der Waals surface area contributed by atoms with Gasteiger partial charge in [0.05, 0.1) is 4.92 Å². The molecule has 1 fully saturated rings. The minimum atomic E-state index is -0.412. The lowest BCUT2D eigenvalue weighted by Gasteiger charge is -2.37. The molecular weight excluding hydrogens is 244 g/mol. The average molecular weight is 264 g/mol. The van der Waals surface area contributed by atoms with E-state index in [1.807, 2.05) is 6.92 Å². The van der Waals surface area contributed by atoms with E-state index in [-0.39, 0.29) is 5.69 Å². The molecule has 0 saturated carbocycles. The fourth-order valence-electron chi connectivity index (χ4n) is 2.63. The number of nitrogens with two attached hydrogens (primary N) is 1. The van der Waals surface area contributed by atoms with Crippen molar-refractivity contribution in [1.82, 2.24) is 4.98 Å². The summed E-state index contributed by atoms with van der Waals surface area (Å²) in [5.74, 6) is 1.93. The minimum Gasteiger partial charge on any atom is -0.356 e. The number of aryl methyl sites for hydroxylation is 1. The lowest BCUT2D eigenvalue weighted by Crippen LogP contribution is -2.43. The van der Waals surface area contributed by atoms with Crippen LogP contribution in [0.4, 0.5) is 11.5 Å². The van der Waals surface area contributed by atoms with Crippen molar-refractivity contribution in [3.8, 4) is 0 Å². The van der Waals surface area contributed by atoms with Crippen molar-refractivity contribution in [2.75, 3.05) is 24.5 Å². The predicted octanol–water partition coefficient (Wildman–Crippen LogP) is 1.72. The number of piperidine rings is 1. The van der Waals surface area contributed by atoms with E-state index < -0.39 is 4.92 Å². The molecule has 2 heterocycles. The van der Waals surface area contributed by atoms with Crippen LogP contribution in [0.2, 0.25) is 0 Å². The van der Waals surface area contributed by atoms with Crippen molar-refractivity contribution in [2.24, 2.45) is 17.6 Å². The number of rotatable bonds is 3. The molecule has 0 amide bonds. The van der Waals surface area contributed by atoms with Gasteiger partial charge in [0, 0.05) is 19.2 Å². The third-order valence-corrected chi connectivity index (χ3v) is 3.96. The van der Waals surface area contributed by atoms with Gasteiger partial charge >= 0.3 is 0 Å². The van der Waals surface area contributed by atoms with Crippen LogP contribution in [-0.4, -0.2) is 29.5 Å². The van der Waals surface area contributed by atoms with Gasteiger partial charge in [-0.25, -0.2) is 4.98 Å². The zero-order valence-electron chi connectivity index (χ0n) is 11.4.